The van der Waals surface area contributed by atoms with E-state index in [-0.39, 0.29) is 5.91 Å². The Bertz CT molecular complexity index is 744. The molecule has 0 saturated heterocycles. The molecule has 0 aliphatic carbocycles. The lowest BCUT2D eigenvalue weighted by Gasteiger charge is -2.04. The standard InChI is InChI=1S/C14H14N4O2/c1-9-17-12(18-20-9)6-8-16-14(19)11-4-2-3-10-5-7-15-13(10)11/h2-5,7,15H,6,8H2,1H3,(H,16,19). The molecule has 0 fully saturated rings. The summed E-state index contributed by atoms with van der Waals surface area (Å²) in [5.41, 5.74) is 1.48. The number of aromatic nitrogens is 3. The Morgan fingerprint density at radius 2 is 2.30 bits per heavy atom. The van der Waals surface area contributed by atoms with Gasteiger partial charge in [0.2, 0.25) is 5.89 Å². The van der Waals surface area contributed by atoms with Gasteiger partial charge in [-0.25, -0.2) is 0 Å². The van der Waals surface area contributed by atoms with Crippen molar-refractivity contribution in [3.63, 3.8) is 0 Å². The number of para-hydroxylation sites is 1. The topological polar surface area (TPSA) is 83.8 Å². The quantitative estimate of drug-likeness (QED) is 0.757. The minimum atomic E-state index is -0.113. The van der Waals surface area contributed by atoms with Gasteiger partial charge in [-0.3, -0.25) is 4.79 Å². The largest absolute Gasteiger partial charge is 0.361 e. The minimum absolute atomic E-state index is 0.113. The molecule has 6 heteroatoms. The molecule has 0 radical (unpaired) electrons. The molecule has 0 bridgehead atoms. The summed E-state index contributed by atoms with van der Waals surface area (Å²) in [6.07, 6.45) is 2.37. The van der Waals surface area contributed by atoms with Gasteiger partial charge in [0.05, 0.1) is 11.1 Å². The van der Waals surface area contributed by atoms with E-state index in [4.69, 9.17) is 4.52 Å². The van der Waals surface area contributed by atoms with E-state index in [0.29, 0.717) is 30.2 Å². The van der Waals surface area contributed by atoms with E-state index >= 15 is 0 Å². The zero-order chi connectivity index (χ0) is 13.9. The smallest absolute Gasteiger partial charge is 0.253 e. The van der Waals surface area contributed by atoms with Crippen LogP contribution in [0.3, 0.4) is 0 Å². The second-order valence-electron chi connectivity index (χ2n) is 4.48. The number of rotatable bonds is 4. The molecule has 6 nitrogen and oxygen atoms in total. The summed E-state index contributed by atoms with van der Waals surface area (Å²) in [4.78, 5) is 19.3. The third-order valence-corrected chi connectivity index (χ3v) is 3.04. The summed E-state index contributed by atoms with van der Waals surface area (Å²) in [7, 11) is 0. The molecular formula is C14H14N4O2. The summed E-state index contributed by atoms with van der Waals surface area (Å²) in [5.74, 6) is 1.02. The van der Waals surface area contributed by atoms with Crippen molar-refractivity contribution in [3.8, 4) is 0 Å². The Hall–Kier alpha value is -2.63. The number of nitrogens with zero attached hydrogens (tertiary/aromatic N) is 2. The van der Waals surface area contributed by atoms with Crippen LogP contribution in [0, 0.1) is 6.92 Å². The van der Waals surface area contributed by atoms with E-state index in [2.05, 4.69) is 20.4 Å². The number of fused-ring (bicyclic) bond motifs is 1. The number of carbonyl (C=O) groups excluding carboxylic acids is 1. The number of aromatic amines is 1. The Morgan fingerprint density at radius 3 is 3.10 bits per heavy atom. The van der Waals surface area contributed by atoms with Crippen molar-refractivity contribution in [2.45, 2.75) is 13.3 Å². The average molecular weight is 270 g/mol. The monoisotopic (exact) mass is 270 g/mol. The minimum Gasteiger partial charge on any atom is -0.361 e. The first-order chi connectivity index (χ1) is 9.74. The highest BCUT2D eigenvalue weighted by atomic mass is 16.5. The first-order valence-corrected chi connectivity index (χ1v) is 6.37. The van der Waals surface area contributed by atoms with Gasteiger partial charge in [-0.15, -0.1) is 0 Å². The number of amides is 1. The van der Waals surface area contributed by atoms with Gasteiger partial charge in [-0.1, -0.05) is 17.3 Å². The van der Waals surface area contributed by atoms with Gasteiger partial charge >= 0.3 is 0 Å². The highest BCUT2D eigenvalue weighted by Gasteiger charge is 2.10. The Labute approximate surface area is 115 Å². The van der Waals surface area contributed by atoms with E-state index in [1.54, 1.807) is 13.0 Å². The number of hydrogen-bond acceptors (Lipinski definition) is 4. The van der Waals surface area contributed by atoms with Crippen LogP contribution in [-0.2, 0) is 6.42 Å². The molecule has 2 N–H and O–H groups in total. The SMILES string of the molecule is Cc1nc(CCNC(=O)c2cccc3cc[nH]c23)no1. The van der Waals surface area contributed by atoms with Crippen LogP contribution < -0.4 is 5.32 Å². The van der Waals surface area contributed by atoms with Crippen LogP contribution in [0.2, 0.25) is 0 Å². The van der Waals surface area contributed by atoms with Gasteiger partial charge in [0.1, 0.15) is 0 Å². The molecule has 0 atom stereocenters. The lowest BCUT2D eigenvalue weighted by Crippen LogP contribution is -2.26. The zero-order valence-electron chi connectivity index (χ0n) is 11.0. The van der Waals surface area contributed by atoms with E-state index < -0.39 is 0 Å². The predicted octanol–water partition coefficient (Wildman–Crippen LogP) is 1.83. The van der Waals surface area contributed by atoms with Crippen molar-refractivity contribution in [1.29, 1.82) is 0 Å². The van der Waals surface area contributed by atoms with Gasteiger partial charge in [0.15, 0.2) is 5.82 Å². The molecule has 0 saturated carbocycles. The fraction of sp³-hybridized carbons (Fsp3) is 0.214. The number of nitrogens with one attached hydrogen (secondary N) is 2. The molecule has 1 aromatic carbocycles. The van der Waals surface area contributed by atoms with Gasteiger partial charge < -0.3 is 14.8 Å². The lowest BCUT2D eigenvalue weighted by molar-refractivity contribution is 0.0955. The Morgan fingerprint density at radius 1 is 1.40 bits per heavy atom. The molecule has 1 amide bonds. The van der Waals surface area contributed by atoms with Crippen LogP contribution in [0.1, 0.15) is 22.1 Å². The normalized spacial score (nSPS) is 10.8. The zero-order valence-corrected chi connectivity index (χ0v) is 11.0. The third kappa shape index (κ3) is 2.40. The molecule has 2 aromatic heterocycles. The Kier molecular flexibility index (Phi) is 3.20. The summed E-state index contributed by atoms with van der Waals surface area (Å²) < 4.78 is 4.88. The van der Waals surface area contributed by atoms with Crippen LogP contribution in [0.5, 0.6) is 0 Å². The lowest BCUT2D eigenvalue weighted by atomic mass is 10.1. The van der Waals surface area contributed by atoms with E-state index in [0.717, 1.165) is 10.9 Å². The van der Waals surface area contributed by atoms with Crippen molar-refractivity contribution in [1.82, 2.24) is 20.4 Å². The van der Waals surface area contributed by atoms with E-state index in [9.17, 15) is 4.79 Å². The van der Waals surface area contributed by atoms with Crippen molar-refractivity contribution in [2.24, 2.45) is 0 Å². The first-order valence-electron chi connectivity index (χ1n) is 6.37. The number of aryl methyl sites for hydroxylation is 1. The molecule has 2 heterocycles. The highest BCUT2D eigenvalue weighted by Crippen LogP contribution is 2.16. The molecule has 102 valence electrons. The first kappa shape index (κ1) is 12.4. The molecule has 0 unspecified atom stereocenters. The van der Waals surface area contributed by atoms with Crippen LogP contribution in [0.15, 0.2) is 35.0 Å². The van der Waals surface area contributed by atoms with Crippen LogP contribution >= 0.6 is 0 Å². The number of H-pyrrole nitrogens is 1. The third-order valence-electron chi connectivity index (χ3n) is 3.04. The molecule has 3 aromatic rings. The van der Waals surface area contributed by atoms with Crippen molar-refractivity contribution >= 4 is 16.8 Å². The second kappa shape index (κ2) is 5.16. The maximum absolute atomic E-state index is 12.2. The van der Waals surface area contributed by atoms with E-state index in [1.807, 2.05) is 24.4 Å². The maximum Gasteiger partial charge on any atom is 0.253 e. The molecule has 0 aliphatic rings. The number of benzene rings is 1. The molecule has 20 heavy (non-hydrogen) atoms. The molecule has 0 aliphatic heterocycles. The molecule has 0 spiro atoms. The van der Waals surface area contributed by atoms with Crippen LogP contribution in [0.4, 0.5) is 0 Å². The van der Waals surface area contributed by atoms with Crippen LogP contribution in [-0.4, -0.2) is 27.6 Å². The fourth-order valence-corrected chi connectivity index (χ4v) is 2.10. The van der Waals surface area contributed by atoms with Crippen molar-refractivity contribution in [3.05, 3.63) is 47.7 Å². The van der Waals surface area contributed by atoms with Gasteiger partial charge in [0, 0.05) is 31.5 Å². The van der Waals surface area contributed by atoms with Crippen molar-refractivity contribution < 1.29 is 9.32 Å². The second-order valence-corrected chi connectivity index (χ2v) is 4.48. The summed E-state index contributed by atoms with van der Waals surface area (Å²) in [6, 6.07) is 7.57. The number of carbonyl (C=O) groups is 1. The molecule has 3 rings (SSSR count). The highest BCUT2D eigenvalue weighted by molar-refractivity contribution is 6.05. The summed E-state index contributed by atoms with van der Waals surface area (Å²) in [6.45, 7) is 2.20. The van der Waals surface area contributed by atoms with Gasteiger partial charge in [0.25, 0.3) is 5.91 Å². The Balaban J connectivity index is 1.66. The van der Waals surface area contributed by atoms with Gasteiger partial charge in [-0.05, 0) is 12.1 Å². The maximum atomic E-state index is 12.2. The fourth-order valence-electron chi connectivity index (χ4n) is 2.10. The number of hydrogen-bond donors (Lipinski definition) is 2. The van der Waals surface area contributed by atoms with E-state index in [1.165, 1.54) is 0 Å². The van der Waals surface area contributed by atoms with Crippen molar-refractivity contribution in [2.75, 3.05) is 6.54 Å². The average Bonchev–Trinajstić information content (AvgIpc) is 3.06. The summed E-state index contributed by atoms with van der Waals surface area (Å²) >= 11 is 0. The predicted molar refractivity (Wildman–Crippen MR) is 73.4 cm³/mol. The molecular weight excluding hydrogens is 256 g/mol. The van der Waals surface area contributed by atoms with Crippen LogP contribution in [0.25, 0.3) is 10.9 Å². The summed E-state index contributed by atoms with van der Waals surface area (Å²) in [5, 5.41) is 7.66. The van der Waals surface area contributed by atoms with Gasteiger partial charge in [-0.2, -0.15) is 4.98 Å².